The highest BCUT2D eigenvalue weighted by Crippen LogP contribution is 2.32. The summed E-state index contributed by atoms with van der Waals surface area (Å²) in [4.78, 5) is 0.261. The third-order valence-electron chi connectivity index (χ3n) is 5.40. The van der Waals surface area contributed by atoms with Gasteiger partial charge in [-0.25, -0.2) is 8.42 Å². The predicted octanol–water partition coefficient (Wildman–Crippen LogP) is 3.20. The van der Waals surface area contributed by atoms with E-state index in [1.807, 2.05) is 24.3 Å². The lowest BCUT2D eigenvalue weighted by atomic mass is 9.97. The number of aromatic nitrogens is 4. The summed E-state index contributed by atoms with van der Waals surface area (Å²) in [6, 6.07) is 12.4. The highest BCUT2D eigenvalue weighted by Gasteiger charge is 2.33. The van der Waals surface area contributed by atoms with Crippen molar-refractivity contribution in [1.29, 1.82) is 0 Å². The lowest BCUT2D eigenvalue weighted by Gasteiger charge is -2.31. The second kappa shape index (κ2) is 8.33. The van der Waals surface area contributed by atoms with Crippen LogP contribution in [0, 0.1) is 6.92 Å². The number of rotatable bonds is 5. The van der Waals surface area contributed by atoms with Crippen molar-refractivity contribution in [3.05, 3.63) is 58.9 Å². The molecule has 0 radical (unpaired) electrons. The lowest BCUT2D eigenvalue weighted by Crippen LogP contribution is -2.38. The zero-order valence-corrected chi connectivity index (χ0v) is 18.3. The maximum absolute atomic E-state index is 13.1. The zero-order valence-electron chi connectivity index (χ0n) is 16.7. The Kier molecular flexibility index (Phi) is 5.77. The number of hydrogen-bond acceptors (Lipinski definition) is 6. The summed E-state index contributed by atoms with van der Waals surface area (Å²) in [7, 11) is -1.99. The highest BCUT2D eigenvalue weighted by atomic mass is 35.5. The van der Waals surface area contributed by atoms with Gasteiger partial charge in [-0.2, -0.15) is 8.99 Å². The maximum atomic E-state index is 13.1. The molecule has 0 spiro atoms. The van der Waals surface area contributed by atoms with E-state index in [9.17, 15) is 8.42 Å². The number of piperidine rings is 1. The van der Waals surface area contributed by atoms with Gasteiger partial charge in [-0.3, -0.25) is 0 Å². The molecule has 0 amide bonds. The number of ether oxygens (including phenoxy) is 1. The number of methoxy groups -OCH3 is 1. The van der Waals surface area contributed by atoms with Crippen molar-refractivity contribution < 1.29 is 13.2 Å². The van der Waals surface area contributed by atoms with Gasteiger partial charge in [0.25, 0.3) is 0 Å². The van der Waals surface area contributed by atoms with Crippen LogP contribution in [0.1, 0.15) is 30.1 Å². The Hall–Kier alpha value is -2.49. The van der Waals surface area contributed by atoms with E-state index >= 15 is 0 Å². The van der Waals surface area contributed by atoms with E-state index in [4.69, 9.17) is 16.3 Å². The minimum atomic E-state index is -3.60. The van der Waals surface area contributed by atoms with Crippen molar-refractivity contribution in [2.24, 2.45) is 0 Å². The Morgan fingerprint density at radius 2 is 1.80 bits per heavy atom. The zero-order chi connectivity index (χ0) is 21.3. The molecule has 1 fully saturated rings. The Balaban J connectivity index is 1.52. The van der Waals surface area contributed by atoms with Gasteiger partial charge >= 0.3 is 0 Å². The monoisotopic (exact) mass is 447 g/mol. The summed E-state index contributed by atoms with van der Waals surface area (Å²) < 4.78 is 34.6. The number of benzene rings is 2. The van der Waals surface area contributed by atoms with Crippen LogP contribution in [0.4, 0.5) is 0 Å². The van der Waals surface area contributed by atoms with Crippen molar-refractivity contribution in [2.75, 3.05) is 20.2 Å². The Bertz CT molecular complexity index is 1140. The molecule has 0 bridgehead atoms. The fourth-order valence-electron chi connectivity index (χ4n) is 3.70. The van der Waals surface area contributed by atoms with Crippen LogP contribution in [0.15, 0.2) is 47.4 Å². The van der Waals surface area contributed by atoms with Crippen LogP contribution in [0.3, 0.4) is 0 Å². The number of sulfonamides is 1. The van der Waals surface area contributed by atoms with Crippen LogP contribution in [0.25, 0.3) is 5.69 Å². The summed E-state index contributed by atoms with van der Waals surface area (Å²) in [5.41, 5.74) is 1.52. The molecule has 2 heterocycles. The molecule has 1 aromatic heterocycles. The Morgan fingerprint density at radius 3 is 2.47 bits per heavy atom. The first kappa shape index (κ1) is 20.8. The standard InChI is InChI=1S/C20H22ClN5O3S/c1-14-3-4-16(21)13-19(14)30(27,28)25-11-9-15(10-12-25)20-22-23-24-26(20)17-5-7-18(29-2)8-6-17/h3-8,13,15H,9-12H2,1-2H3. The highest BCUT2D eigenvalue weighted by molar-refractivity contribution is 7.89. The third-order valence-corrected chi connectivity index (χ3v) is 7.67. The van der Waals surface area contributed by atoms with Crippen LogP contribution >= 0.6 is 11.6 Å². The summed E-state index contributed by atoms with van der Waals surface area (Å²) in [6.45, 7) is 2.57. The van der Waals surface area contributed by atoms with Crippen molar-refractivity contribution in [3.63, 3.8) is 0 Å². The molecular weight excluding hydrogens is 426 g/mol. The summed E-state index contributed by atoms with van der Waals surface area (Å²) in [5.74, 6) is 1.55. The molecule has 30 heavy (non-hydrogen) atoms. The number of aryl methyl sites for hydroxylation is 1. The SMILES string of the molecule is COc1ccc(-n2nnnc2C2CCN(S(=O)(=O)c3cc(Cl)ccc3C)CC2)cc1. The van der Waals surface area contributed by atoms with Gasteiger partial charge in [0.2, 0.25) is 10.0 Å². The van der Waals surface area contributed by atoms with Gasteiger partial charge in [0.05, 0.1) is 17.7 Å². The van der Waals surface area contributed by atoms with Crippen LogP contribution in [0.2, 0.25) is 5.02 Å². The number of halogens is 1. The molecule has 0 saturated carbocycles. The second-order valence-electron chi connectivity index (χ2n) is 7.24. The molecule has 1 saturated heterocycles. The number of hydrogen-bond donors (Lipinski definition) is 0. The third kappa shape index (κ3) is 3.92. The van der Waals surface area contributed by atoms with Gasteiger partial charge in [0, 0.05) is 24.0 Å². The Morgan fingerprint density at radius 1 is 1.10 bits per heavy atom. The van der Waals surface area contributed by atoms with E-state index in [0.29, 0.717) is 36.5 Å². The van der Waals surface area contributed by atoms with E-state index in [2.05, 4.69) is 15.5 Å². The van der Waals surface area contributed by atoms with Crippen LogP contribution in [-0.4, -0.2) is 53.1 Å². The van der Waals surface area contributed by atoms with Gasteiger partial charge in [0.1, 0.15) is 5.75 Å². The smallest absolute Gasteiger partial charge is 0.243 e. The lowest BCUT2D eigenvalue weighted by molar-refractivity contribution is 0.311. The molecule has 8 nitrogen and oxygen atoms in total. The van der Waals surface area contributed by atoms with E-state index < -0.39 is 10.0 Å². The van der Waals surface area contributed by atoms with Crippen LogP contribution in [0.5, 0.6) is 5.75 Å². The molecule has 158 valence electrons. The molecule has 0 atom stereocenters. The van der Waals surface area contributed by atoms with Crippen molar-refractivity contribution in [1.82, 2.24) is 24.5 Å². The van der Waals surface area contributed by atoms with Crippen LogP contribution < -0.4 is 4.74 Å². The van der Waals surface area contributed by atoms with E-state index in [-0.39, 0.29) is 10.8 Å². The first-order chi connectivity index (χ1) is 14.4. The largest absolute Gasteiger partial charge is 0.497 e. The van der Waals surface area contributed by atoms with E-state index in [1.54, 1.807) is 30.8 Å². The molecule has 0 aliphatic carbocycles. The number of nitrogens with zero attached hydrogens (tertiary/aromatic N) is 5. The molecule has 0 unspecified atom stereocenters. The van der Waals surface area contributed by atoms with Gasteiger partial charge in [-0.1, -0.05) is 17.7 Å². The minimum Gasteiger partial charge on any atom is -0.497 e. The van der Waals surface area contributed by atoms with Crippen LogP contribution in [-0.2, 0) is 10.0 Å². The van der Waals surface area contributed by atoms with Gasteiger partial charge in [-0.05, 0) is 72.2 Å². The summed E-state index contributed by atoms with van der Waals surface area (Å²) in [5, 5.41) is 12.6. The van der Waals surface area contributed by atoms with E-state index in [0.717, 1.165) is 17.3 Å². The molecule has 4 rings (SSSR count). The molecule has 1 aliphatic heterocycles. The molecular formula is C20H22ClN5O3S. The summed E-state index contributed by atoms with van der Waals surface area (Å²) in [6.07, 6.45) is 1.27. The average Bonchev–Trinajstić information content (AvgIpc) is 3.25. The first-order valence-electron chi connectivity index (χ1n) is 9.59. The van der Waals surface area contributed by atoms with Crippen molar-refractivity contribution in [2.45, 2.75) is 30.6 Å². The Labute approximate surface area is 180 Å². The fraction of sp³-hybridized carbons (Fsp3) is 0.350. The molecule has 2 aromatic carbocycles. The first-order valence-corrected chi connectivity index (χ1v) is 11.4. The van der Waals surface area contributed by atoms with E-state index in [1.165, 1.54) is 10.4 Å². The maximum Gasteiger partial charge on any atom is 0.243 e. The van der Waals surface area contributed by atoms with Gasteiger partial charge in [-0.15, -0.1) is 5.10 Å². The summed E-state index contributed by atoms with van der Waals surface area (Å²) >= 11 is 6.03. The molecule has 0 N–H and O–H groups in total. The molecule has 10 heteroatoms. The predicted molar refractivity (Wildman–Crippen MR) is 113 cm³/mol. The average molecular weight is 448 g/mol. The fourth-order valence-corrected chi connectivity index (χ4v) is 5.66. The van der Waals surface area contributed by atoms with Crippen molar-refractivity contribution in [3.8, 4) is 11.4 Å². The van der Waals surface area contributed by atoms with Gasteiger partial charge < -0.3 is 4.74 Å². The molecule has 1 aliphatic rings. The normalized spacial score (nSPS) is 16.0. The second-order valence-corrected chi connectivity index (χ2v) is 9.58. The minimum absolute atomic E-state index is 0.0639. The van der Waals surface area contributed by atoms with Gasteiger partial charge in [0.15, 0.2) is 5.82 Å². The molecule has 3 aromatic rings. The van der Waals surface area contributed by atoms with Crippen molar-refractivity contribution >= 4 is 21.6 Å². The topological polar surface area (TPSA) is 90.2 Å². The quantitative estimate of drug-likeness (QED) is 0.596. The number of tetrazole rings is 1.